The molecule has 1 N–H and O–H groups in total. The molecule has 3 rings (SSSR count). The van der Waals surface area contributed by atoms with E-state index in [2.05, 4.69) is 52.1 Å². The Balaban J connectivity index is 1.80. The zero-order chi connectivity index (χ0) is 13.2. The largest absolute Gasteiger partial charge is 0.487 e. The Morgan fingerprint density at radius 2 is 1.95 bits per heavy atom. The minimum absolute atomic E-state index is 0.553. The van der Waals surface area contributed by atoms with Crippen molar-refractivity contribution in [3.05, 3.63) is 64.3 Å². The van der Waals surface area contributed by atoms with Gasteiger partial charge < -0.3 is 9.72 Å². The first kappa shape index (κ1) is 12.3. The van der Waals surface area contributed by atoms with Crippen molar-refractivity contribution < 1.29 is 4.74 Å². The second-order valence-corrected chi connectivity index (χ2v) is 5.50. The summed E-state index contributed by atoms with van der Waals surface area (Å²) in [5.41, 5.74) is 3.36. The standard InChI is InChI=1S/C16H14BrNO/c1-11-4-2-3-5-16(11)19-10-14-8-12-6-7-13(17)9-15(12)18-14/h2-9,18H,10H2,1H3. The van der Waals surface area contributed by atoms with E-state index in [0.717, 1.165) is 27.0 Å². The number of aryl methyl sites for hydroxylation is 1. The normalized spacial score (nSPS) is 10.8. The van der Waals surface area contributed by atoms with Crippen LogP contribution in [0.3, 0.4) is 0 Å². The van der Waals surface area contributed by atoms with Crippen LogP contribution in [0.25, 0.3) is 10.9 Å². The Hall–Kier alpha value is -1.74. The quantitative estimate of drug-likeness (QED) is 0.736. The molecule has 0 spiro atoms. The molecule has 3 heteroatoms. The number of hydrogen-bond acceptors (Lipinski definition) is 1. The molecule has 0 saturated heterocycles. The van der Waals surface area contributed by atoms with Gasteiger partial charge in [0.05, 0.1) is 5.69 Å². The summed E-state index contributed by atoms with van der Waals surface area (Å²) in [5.74, 6) is 0.933. The summed E-state index contributed by atoms with van der Waals surface area (Å²) in [6.07, 6.45) is 0. The predicted molar refractivity (Wildman–Crippen MR) is 81.5 cm³/mol. The lowest BCUT2D eigenvalue weighted by molar-refractivity contribution is 0.300. The monoisotopic (exact) mass is 315 g/mol. The summed E-state index contributed by atoms with van der Waals surface area (Å²) in [6.45, 7) is 2.61. The summed E-state index contributed by atoms with van der Waals surface area (Å²) in [5, 5.41) is 1.20. The molecule has 0 radical (unpaired) electrons. The van der Waals surface area contributed by atoms with Crippen LogP contribution in [0.15, 0.2) is 53.0 Å². The number of aromatic amines is 1. The highest BCUT2D eigenvalue weighted by Crippen LogP contribution is 2.22. The number of rotatable bonds is 3. The van der Waals surface area contributed by atoms with Crippen molar-refractivity contribution in [2.45, 2.75) is 13.5 Å². The molecule has 2 aromatic carbocycles. The van der Waals surface area contributed by atoms with E-state index in [1.165, 1.54) is 5.39 Å². The van der Waals surface area contributed by atoms with Gasteiger partial charge >= 0.3 is 0 Å². The minimum atomic E-state index is 0.553. The number of halogens is 1. The number of fused-ring (bicyclic) bond motifs is 1. The van der Waals surface area contributed by atoms with Crippen LogP contribution < -0.4 is 4.74 Å². The van der Waals surface area contributed by atoms with Crippen LogP contribution in [0.5, 0.6) is 5.75 Å². The molecule has 1 heterocycles. The minimum Gasteiger partial charge on any atom is -0.487 e. The predicted octanol–water partition coefficient (Wildman–Crippen LogP) is 4.82. The van der Waals surface area contributed by atoms with Gasteiger partial charge in [0.15, 0.2) is 0 Å². The zero-order valence-electron chi connectivity index (χ0n) is 10.6. The molecule has 2 nitrogen and oxygen atoms in total. The van der Waals surface area contributed by atoms with Crippen molar-refractivity contribution in [2.24, 2.45) is 0 Å². The van der Waals surface area contributed by atoms with Crippen molar-refractivity contribution in [1.29, 1.82) is 0 Å². The highest BCUT2D eigenvalue weighted by Gasteiger charge is 2.03. The number of aromatic nitrogens is 1. The molecule has 0 atom stereocenters. The van der Waals surface area contributed by atoms with E-state index < -0.39 is 0 Å². The van der Waals surface area contributed by atoms with Crippen LogP contribution in [0.1, 0.15) is 11.3 Å². The van der Waals surface area contributed by atoms with Gasteiger partial charge in [0.25, 0.3) is 0 Å². The molecule has 0 unspecified atom stereocenters. The summed E-state index contributed by atoms with van der Waals surface area (Å²) >= 11 is 3.48. The fourth-order valence-electron chi connectivity index (χ4n) is 2.11. The van der Waals surface area contributed by atoms with E-state index >= 15 is 0 Å². The third-order valence-corrected chi connectivity index (χ3v) is 3.61. The average Bonchev–Trinajstić information content (AvgIpc) is 2.79. The first-order valence-electron chi connectivity index (χ1n) is 6.18. The maximum Gasteiger partial charge on any atom is 0.128 e. The first-order valence-corrected chi connectivity index (χ1v) is 6.97. The van der Waals surface area contributed by atoms with Crippen molar-refractivity contribution >= 4 is 26.8 Å². The van der Waals surface area contributed by atoms with Crippen molar-refractivity contribution in [3.8, 4) is 5.75 Å². The summed E-state index contributed by atoms with van der Waals surface area (Å²) in [6, 6.07) is 16.4. The van der Waals surface area contributed by atoms with Crippen molar-refractivity contribution in [2.75, 3.05) is 0 Å². The molecular weight excluding hydrogens is 302 g/mol. The van der Waals surface area contributed by atoms with Gasteiger partial charge in [0, 0.05) is 9.99 Å². The van der Waals surface area contributed by atoms with Gasteiger partial charge in [-0.25, -0.2) is 0 Å². The summed E-state index contributed by atoms with van der Waals surface area (Å²) in [4.78, 5) is 3.37. The van der Waals surface area contributed by atoms with E-state index in [1.54, 1.807) is 0 Å². The Morgan fingerprint density at radius 1 is 1.11 bits per heavy atom. The van der Waals surface area contributed by atoms with Crippen molar-refractivity contribution in [3.63, 3.8) is 0 Å². The molecule has 96 valence electrons. The van der Waals surface area contributed by atoms with E-state index in [0.29, 0.717) is 6.61 Å². The topological polar surface area (TPSA) is 25.0 Å². The average molecular weight is 316 g/mol. The van der Waals surface area contributed by atoms with Crippen LogP contribution in [0, 0.1) is 6.92 Å². The van der Waals surface area contributed by atoms with Gasteiger partial charge in [-0.15, -0.1) is 0 Å². The summed E-state index contributed by atoms with van der Waals surface area (Å²) in [7, 11) is 0. The molecule has 3 aromatic rings. The lowest BCUT2D eigenvalue weighted by Gasteiger charge is -2.07. The Morgan fingerprint density at radius 3 is 2.79 bits per heavy atom. The van der Waals surface area contributed by atoms with Crippen molar-refractivity contribution in [1.82, 2.24) is 4.98 Å². The maximum absolute atomic E-state index is 5.84. The molecule has 0 fully saturated rings. The lowest BCUT2D eigenvalue weighted by atomic mass is 10.2. The second kappa shape index (κ2) is 5.10. The van der Waals surface area contributed by atoms with Crippen LogP contribution in [0.4, 0.5) is 0 Å². The molecular formula is C16H14BrNO. The third-order valence-electron chi connectivity index (χ3n) is 3.12. The van der Waals surface area contributed by atoms with Gasteiger partial charge in [-0.2, -0.15) is 0 Å². The maximum atomic E-state index is 5.84. The van der Waals surface area contributed by atoms with E-state index in [4.69, 9.17) is 4.74 Å². The molecule has 0 aliphatic rings. The van der Waals surface area contributed by atoms with Crippen LogP contribution in [-0.2, 0) is 6.61 Å². The highest BCUT2D eigenvalue weighted by atomic mass is 79.9. The van der Waals surface area contributed by atoms with E-state index in [9.17, 15) is 0 Å². The fourth-order valence-corrected chi connectivity index (χ4v) is 2.47. The van der Waals surface area contributed by atoms with Crippen LogP contribution >= 0.6 is 15.9 Å². The van der Waals surface area contributed by atoms with Gasteiger partial charge in [0.2, 0.25) is 0 Å². The molecule has 0 aliphatic carbocycles. The van der Waals surface area contributed by atoms with Gasteiger partial charge in [-0.3, -0.25) is 0 Å². The number of ether oxygens (including phenoxy) is 1. The molecule has 1 aromatic heterocycles. The molecule has 0 amide bonds. The van der Waals surface area contributed by atoms with Crippen LogP contribution in [-0.4, -0.2) is 4.98 Å². The van der Waals surface area contributed by atoms with E-state index in [-0.39, 0.29) is 0 Å². The molecule has 19 heavy (non-hydrogen) atoms. The number of hydrogen-bond donors (Lipinski definition) is 1. The number of para-hydroxylation sites is 1. The summed E-state index contributed by atoms with van der Waals surface area (Å²) < 4.78 is 6.92. The Kier molecular flexibility index (Phi) is 3.30. The van der Waals surface area contributed by atoms with Gasteiger partial charge in [-0.05, 0) is 42.1 Å². The SMILES string of the molecule is Cc1ccccc1OCc1cc2ccc(Br)cc2[nH]1. The Bertz CT molecular complexity index is 718. The second-order valence-electron chi connectivity index (χ2n) is 4.58. The molecule has 0 aliphatic heterocycles. The highest BCUT2D eigenvalue weighted by molar-refractivity contribution is 9.10. The number of benzene rings is 2. The Labute approximate surface area is 120 Å². The number of H-pyrrole nitrogens is 1. The van der Waals surface area contributed by atoms with E-state index in [1.807, 2.05) is 24.3 Å². The fraction of sp³-hybridized carbons (Fsp3) is 0.125. The van der Waals surface area contributed by atoms with Gasteiger partial charge in [-0.1, -0.05) is 40.2 Å². The number of nitrogens with one attached hydrogen (secondary N) is 1. The third kappa shape index (κ3) is 2.66. The van der Waals surface area contributed by atoms with Crippen LogP contribution in [0.2, 0.25) is 0 Å². The first-order chi connectivity index (χ1) is 9.22. The smallest absolute Gasteiger partial charge is 0.128 e. The lowest BCUT2D eigenvalue weighted by Crippen LogP contribution is -1.96. The zero-order valence-corrected chi connectivity index (χ0v) is 12.2. The van der Waals surface area contributed by atoms with Gasteiger partial charge in [0.1, 0.15) is 12.4 Å². The molecule has 0 bridgehead atoms. The molecule has 0 saturated carbocycles.